The van der Waals surface area contributed by atoms with Crippen LogP contribution in [0.2, 0.25) is 18.1 Å². The molecule has 1 atom stereocenters. The minimum absolute atomic E-state index is 0.0176. The maximum Gasteiger partial charge on any atom is 0.363 e. The third kappa shape index (κ3) is 3.08. The van der Waals surface area contributed by atoms with Crippen LogP contribution in [-0.4, -0.2) is 31.8 Å². The molecule has 0 amide bonds. The van der Waals surface area contributed by atoms with Crippen molar-refractivity contribution < 1.29 is 19.1 Å². The largest absolute Gasteiger partial charge is 0.477 e. The Kier molecular flexibility index (Phi) is 4.06. The minimum atomic E-state index is -2.13. The van der Waals surface area contributed by atoms with Crippen LogP contribution in [-0.2, 0) is 14.0 Å². The number of carboxylic acid groups (broad SMARTS) is 1. The van der Waals surface area contributed by atoms with Gasteiger partial charge in [-0.05, 0) is 31.0 Å². The van der Waals surface area contributed by atoms with Crippen molar-refractivity contribution in [3.05, 3.63) is 0 Å². The van der Waals surface area contributed by atoms with Gasteiger partial charge in [0, 0.05) is 6.42 Å². The van der Waals surface area contributed by atoms with Gasteiger partial charge in [0.2, 0.25) is 0 Å². The van der Waals surface area contributed by atoms with Crippen molar-refractivity contribution in [2.45, 2.75) is 64.0 Å². The Morgan fingerprint density at radius 1 is 1.35 bits per heavy atom. The number of rotatable bonds is 3. The van der Waals surface area contributed by atoms with E-state index >= 15 is 0 Å². The molecule has 1 saturated heterocycles. The topological polar surface area (TPSA) is 55.8 Å². The van der Waals surface area contributed by atoms with Gasteiger partial charge in [-0.15, -0.1) is 0 Å². The zero-order chi connectivity index (χ0) is 13.3. The van der Waals surface area contributed by atoms with Gasteiger partial charge in [0.25, 0.3) is 5.79 Å². The second-order valence-corrected chi connectivity index (χ2v) is 11.0. The van der Waals surface area contributed by atoms with E-state index in [1.165, 1.54) is 0 Å². The van der Waals surface area contributed by atoms with E-state index < -0.39 is 20.1 Å². The van der Waals surface area contributed by atoms with Crippen molar-refractivity contribution in [2.75, 3.05) is 6.61 Å². The highest BCUT2D eigenvalue weighted by molar-refractivity contribution is 6.74. The molecule has 1 heterocycles. The monoisotopic (exact) mass is 260 g/mol. The fourth-order valence-corrected chi connectivity index (χ4v) is 3.01. The molecule has 4 nitrogen and oxygen atoms in total. The zero-order valence-electron chi connectivity index (χ0n) is 11.5. The fourth-order valence-electron chi connectivity index (χ4n) is 1.63. The highest BCUT2D eigenvalue weighted by atomic mass is 28.4. The minimum Gasteiger partial charge on any atom is -0.477 e. The summed E-state index contributed by atoms with van der Waals surface area (Å²) < 4.78 is 11.5. The summed E-state index contributed by atoms with van der Waals surface area (Å²) in [4.78, 5) is 11.5. The first-order valence-electron chi connectivity index (χ1n) is 6.18. The Hall–Kier alpha value is -0.393. The van der Waals surface area contributed by atoms with Gasteiger partial charge in [0.05, 0.1) is 6.61 Å². The van der Waals surface area contributed by atoms with E-state index in [-0.39, 0.29) is 5.04 Å². The van der Waals surface area contributed by atoms with Crippen molar-refractivity contribution >= 4 is 14.3 Å². The third-order valence-corrected chi connectivity index (χ3v) is 8.24. The van der Waals surface area contributed by atoms with Gasteiger partial charge in [0.1, 0.15) is 0 Å². The van der Waals surface area contributed by atoms with Gasteiger partial charge in [-0.3, -0.25) is 0 Å². The lowest BCUT2D eigenvalue weighted by molar-refractivity contribution is -0.228. The van der Waals surface area contributed by atoms with Crippen molar-refractivity contribution in [1.82, 2.24) is 0 Å². The first-order valence-corrected chi connectivity index (χ1v) is 9.09. The highest BCUT2D eigenvalue weighted by Crippen LogP contribution is 2.41. The zero-order valence-corrected chi connectivity index (χ0v) is 12.5. The molecule has 1 fully saturated rings. The summed E-state index contributed by atoms with van der Waals surface area (Å²) in [6, 6.07) is 0. The van der Waals surface area contributed by atoms with E-state index in [1.807, 2.05) is 0 Å². The van der Waals surface area contributed by atoms with Gasteiger partial charge in [0.15, 0.2) is 8.32 Å². The van der Waals surface area contributed by atoms with Gasteiger partial charge in [-0.1, -0.05) is 20.8 Å². The predicted octanol–water partition coefficient (Wildman–Crippen LogP) is 2.99. The summed E-state index contributed by atoms with van der Waals surface area (Å²) in [5.74, 6) is -2.39. The van der Waals surface area contributed by atoms with Crippen LogP contribution in [0.3, 0.4) is 0 Å². The molecule has 0 aromatic carbocycles. The van der Waals surface area contributed by atoms with E-state index in [9.17, 15) is 9.90 Å². The summed E-state index contributed by atoms with van der Waals surface area (Å²) in [6.45, 7) is 10.9. The average molecular weight is 260 g/mol. The normalized spacial score (nSPS) is 26.9. The average Bonchev–Trinajstić information content (AvgIpc) is 2.16. The van der Waals surface area contributed by atoms with Crippen molar-refractivity contribution in [3.8, 4) is 0 Å². The van der Waals surface area contributed by atoms with Crippen LogP contribution in [0.25, 0.3) is 0 Å². The Balaban J connectivity index is 2.91. The number of aliphatic carboxylic acids is 1. The highest BCUT2D eigenvalue weighted by Gasteiger charge is 2.50. The Morgan fingerprint density at radius 2 is 1.94 bits per heavy atom. The molecule has 1 N–H and O–H groups in total. The van der Waals surface area contributed by atoms with Crippen molar-refractivity contribution in [2.24, 2.45) is 0 Å². The molecule has 1 aliphatic heterocycles. The summed E-state index contributed by atoms with van der Waals surface area (Å²) in [5, 5.41) is 9.37. The first kappa shape index (κ1) is 14.7. The number of hydrogen-bond donors (Lipinski definition) is 1. The molecule has 0 aliphatic carbocycles. The predicted molar refractivity (Wildman–Crippen MR) is 68.5 cm³/mol. The Bertz CT molecular complexity index is 287. The van der Waals surface area contributed by atoms with Crippen LogP contribution in [0, 0.1) is 0 Å². The summed E-state index contributed by atoms with van der Waals surface area (Å²) in [6.07, 6.45) is 2.21. The lowest BCUT2D eigenvalue weighted by atomic mass is 10.1. The SMILES string of the molecule is CC(C)(C)[Si](C)(C)OC1(C(=O)O)CCCCO1. The van der Waals surface area contributed by atoms with E-state index in [4.69, 9.17) is 9.16 Å². The van der Waals surface area contributed by atoms with Crippen molar-refractivity contribution in [1.29, 1.82) is 0 Å². The molecule has 100 valence electrons. The Morgan fingerprint density at radius 3 is 2.29 bits per heavy atom. The number of carbonyl (C=O) groups is 1. The van der Waals surface area contributed by atoms with E-state index in [2.05, 4.69) is 33.9 Å². The second kappa shape index (κ2) is 4.70. The van der Waals surface area contributed by atoms with E-state index in [0.29, 0.717) is 13.0 Å². The molecular formula is C12H24O4Si. The molecule has 17 heavy (non-hydrogen) atoms. The van der Waals surface area contributed by atoms with Gasteiger partial charge >= 0.3 is 5.97 Å². The fraction of sp³-hybridized carbons (Fsp3) is 0.917. The molecule has 0 spiro atoms. The smallest absolute Gasteiger partial charge is 0.363 e. The van der Waals surface area contributed by atoms with Crippen LogP contribution in [0.1, 0.15) is 40.0 Å². The maximum absolute atomic E-state index is 11.5. The lowest BCUT2D eigenvalue weighted by Gasteiger charge is -2.44. The van der Waals surface area contributed by atoms with Crippen LogP contribution in [0.5, 0.6) is 0 Å². The van der Waals surface area contributed by atoms with Crippen LogP contribution >= 0.6 is 0 Å². The number of ether oxygens (including phenoxy) is 1. The van der Waals surface area contributed by atoms with E-state index in [0.717, 1.165) is 12.8 Å². The number of hydrogen-bond acceptors (Lipinski definition) is 3. The molecule has 1 aliphatic rings. The molecule has 0 radical (unpaired) electrons. The first-order chi connectivity index (χ1) is 7.61. The molecule has 1 rings (SSSR count). The lowest BCUT2D eigenvalue weighted by Crippen LogP contribution is -2.56. The molecule has 0 aromatic rings. The van der Waals surface area contributed by atoms with Gasteiger partial charge in [-0.2, -0.15) is 0 Å². The molecule has 0 saturated carbocycles. The standard InChI is InChI=1S/C12H24O4Si/c1-11(2,3)17(4,5)16-12(10(13)14)8-6-7-9-15-12/h6-9H2,1-5H3,(H,13,14). The van der Waals surface area contributed by atoms with Gasteiger partial charge in [-0.25, -0.2) is 4.79 Å². The number of carboxylic acids is 1. The molecule has 1 unspecified atom stereocenters. The molecule has 0 aromatic heterocycles. The van der Waals surface area contributed by atoms with Crippen LogP contribution < -0.4 is 0 Å². The van der Waals surface area contributed by atoms with Crippen molar-refractivity contribution in [3.63, 3.8) is 0 Å². The summed E-state index contributed by atoms with van der Waals surface area (Å²) >= 11 is 0. The maximum atomic E-state index is 11.5. The molecule has 0 bridgehead atoms. The van der Waals surface area contributed by atoms with Crippen LogP contribution in [0.15, 0.2) is 0 Å². The summed E-state index contributed by atoms with van der Waals surface area (Å²) in [5.41, 5.74) is 0. The molecular weight excluding hydrogens is 236 g/mol. The quantitative estimate of drug-likeness (QED) is 0.793. The summed E-state index contributed by atoms with van der Waals surface area (Å²) in [7, 11) is -2.13. The Labute approximate surface area is 104 Å². The second-order valence-electron chi connectivity index (χ2n) is 6.23. The van der Waals surface area contributed by atoms with E-state index in [1.54, 1.807) is 0 Å². The molecule has 5 heteroatoms. The van der Waals surface area contributed by atoms with Crippen LogP contribution in [0.4, 0.5) is 0 Å². The van der Waals surface area contributed by atoms with Gasteiger partial charge < -0.3 is 14.3 Å². The third-order valence-electron chi connectivity index (χ3n) is 3.79.